The number of aromatic nitrogens is 2. The first-order valence-electron chi connectivity index (χ1n) is 16.3. The van der Waals surface area contributed by atoms with E-state index < -0.39 is 6.17 Å². The first-order valence-corrected chi connectivity index (χ1v) is 16.3. The van der Waals surface area contributed by atoms with Crippen LogP contribution in [0.25, 0.3) is 10.8 Å². The molecule has 8 nitrogen and oxygen atoms in total. The zero-order chi connectivity index (χ0) is 30.2. The quantitative estimate of drug-likeness (QED) is 0.416. The number of nitrogens with zero attached hydrogens (tertiary/aromatic N) is 5. The van der Waals surface area contributed by atoms with Gasteiger partial charge in [0.05, 0.1) is 23.9 Å². The number of hydrogen-bond donors (Lipinski definition) is 2. The fourth-order valence-corrected chi connectivity index (χ4v) is 9.04. The van der Waals surface area contributed by atoms with Crippen LogP contribution in [0.15, 0.2) is 24.3 Å². The number of fused-ring (bicyclic) bond motifs is 5. The Morgan fingerprint density at radius 3 is 2.82 bits per heavy atom. The van der Waals surface area contributed by atoms with Crippen LogP contribution in [-0.2, 0) is 19.4 Å². The summed E-state index contributed by atoms with van der Waals surface area (Å²) in [7, 11) is 0. The van der Waals surface area contributed by atoms with E-state index in [2.05, 4.69) is 14.7 Å². The molecule has 0 radical (unpaired) electrons. The molecule has 1 aromatic heterocycles. The molecule has 10 heteroatoms. The number of aryl methyl sites for hydroxylation is 1. The second-order valence-corrected chi connectivity index (χ2v) is 13.8. The van der Waals surface area contributed by atoms with Crippen LogP contribution in [0.4, 0.5) is 20.3 Å². The highest BCUT2D eigenvalue weighted by Gasteiger charge is 2.49. The molecule has 3 aromatic rings. The summed E-state index contributed by atoms with van der Waals surface area (Å²) in [5.41, 5.74) is 3.07. The average Bonchev–Trinajstić information content (AvgIpc) is 3.62. The molecule has 5 atom stereocenters. The normalized spacial score (nSPS) is 29.8. The number of rotatable bonds is 6. The van der Waals surface area contributed by atoms with Crippen LogP contribution in [0.3, 0.4) is 0 Å². The van der Waals surface area contributed by atoms with E-state index in [0.717, 1.165) is 78.9 Å². The summed E-state index contributed by atoms with van der Waals surface area (Å²) in [6, 6.07) is 6.94. The number of aliphatic hydroxyl groups excluding tert-OH is 1. The second-order valence-electron chi connectivity index (χ2n) is 13.8. The summed E-state index contributed by atoms with van der Waals surface area (Å²) in [5.74, 6) is 1.45. The molecule has 4 fully saturated rings. The zero-order valence-electron chi connectivity index (χ0n) is 25.3. The van der Waals surface area contributed by atoms with Crippen LogP contribution >= 0.6 is 0 Å². The number of halogens is 2. The van der Waals surface area contributed by atoms with Gasteiger partial charge in [0.2, 0.25) is 0 Å². The number of phenols is 1. The Kier molecular flexibility index (Phi) is 6.86. The van der Waals surface area contributed by atoms with E-state index in [9.17, 15) is 19.0 Å². The number of aliphatic hydroxyl groups is 1. The van der Waals surface area contributed by atoms with Crippen molar-refractivity contribution in [1.82, 2.24) is 14.9 Å². The Bertz CT molecular complexity index is 1600. The van der Waals surface area contributed by atoms with Crippen LogP contribution < -0.4 is 14.5 Å². The van der Waals surface area contributed by atoms with Crippen molar-refractivity contribution in [3.8, 4) is 11.8 Å². The van der Waals surface area contributed by atoms with Gasteiger partial charge < -0.3 is 24.7 Å². The lowest BCUT2D eigenvalue weighted by atomic mass is 9.95. The van der Waals surface area contributed by atoms with Crippen LogP contribution in [0.1, 0.15) is 55.8 Å². The highest BCUT2D eigenvalue weighted by atomic mass is 19.1. The van der Waals surface area contributed by atoms with Gasteiger partial charge in [0.25, 0.3) is 0 Å². The molecule has 0 unspecified atom stereocenters. The lowest BCUT2D eigenvalue weighted by Gasteiger charge is -2.37. The van der Waals surface area contributed by atoms with Crippen molar-refractivity contribution < 1.29 is 23.7 Å². The molecule has 5 heterocycles. The molecule has 2 aromatic carbocycles. The number of ether oxygens (including phenoxy) is 1. The van der Waals surface area contributed by atoms with Crippen LogP contribution in [0.5, 0.6) is 11.8 Å². The summed E-state index contributed by atoms with van der Waals surface area (Å²) in [6.45, 7) is 6.40. The Morgan fingerprint density at radius 1 is 1.09 bits per heavy atom. The maximum atomic E-state index is 15.0. The molecule has 2 N–H and O–H groups in total. The average molecular weight is 606 g/mol. The summed E-state index contributed by atoms with van der Waals surface area (Å²) in [4.78, 5) is 16.7. The minimum Gasteiger partial charge on any atom is -0.508 e. The first kappa shape index (κ1) is 28.2. The number of aromatic hydroxyl groups is 1. The van der Waals surface area contributed by atoms with Gasteiger partial charge in [-0.05, 0) is 74.1 Å². The number of hydrogen-bond acceptors (Lipinski definition) is 8. The minimum atomic E-state index is -0.835. The second kappa shape index (κ2) is 10.7. The number of phenolic OH excluding ortho intramolecular Hbond substituents is 1. The predicted octanol–water partition coefficient (Wildman–Crippen LogP) is 4.76. The summed E-state index contributed by atoms with van der Waals surface area (Å²) in [5, 5.41) is 22.9. The number of anilines is 2. The minimum absolute atomic E-state index is 0.143. The zero-order valence-corrected chi connectivity index (χ0v) is 25.3. The molecule has 0 amide bonds. The summed E-state index contributed by atoms with van der Waals surface area (Å²) < 4.78 is 35.9. The van der Waals surface area contributed by atoms with Crippen molar-refractivity contribution in [1.29, 1.82) is 0 Å². The van der Waals surface area contributed by atoms with E-state index in [1.165, 1.54) is 6.07 Å². The fraction of sp³-hybridized carbons (Fsp3) is 0.588. The number of alkyl halides is 1. The molecule has 8 rings (SSSR count). The third kappa shape index (κ3) is 4.67. The van der Waals surface area contributed by atoms with Gasteiger partial charge >= 0.3 is 6.01 Å². The molecule has 0 spiro atoms. The van der Waals surface area contributed by atoms with Gasteiger partial charge in [-0.3, -0.25) is 4.90 Å². The van der Waals surface area contributed by atoms with E-state index in [-0.39, 0.29) is 29.1 Å². The molecule has 44 heavy (non-hydrogen) atoms. The summed E-state index contributed by atoms with van der Waals surface area (Å²) in [6.07, 6.45) is 4.42. The molecule has 5 aliphatic rings. The molecule has 4 aliphatic heterocycles. The van der Waals surface area contributed by atoms with Crippen molar-refractivity contribution in [2.24, 2.45) is 11.8 Å². The standard InChI is InChI=1S/C34H41F2N5O3/c1-2-25-27(36)5-4-21-12-24(42)13-29(31(21)25)39-9-6-26-28(18-39)37-33(44-19-34-7-3-8-41(34)17-23(35)14-34)38-32(26)40-15-20-10-22(16-40)30(43)11-20/h4-5,12-13,20,22-23,30,42-43H,2-3,6-11,14-19H2,1H3/t20-,22-,23-,30-,34+/m1/s1. The lowest BCUT2D eigenvalue weighted by molar-refractivity contribution is 0.107. The smallest absolute Gasteiger partial charge is 0.318 e. The molecular formula is C34H41F2N5O3. The highest BCUT2D eigenvalue weighted by molar-refractivity contribution is 5.98. The topological polar surface area (TPSA) is 85.2 Å². The molecule has 3 saturated heterocycles. The van der Waals surface area contributed by atoms with Gasteiger partial charge in [-0.25, -0.2) is 8.78 Å². The molecule has 234 valence electrons. The monoisotopic (exact) mass is 605 g/mol. The molecule has 2 bridgehead atoms. The van der Waals surface area contributed by atoms with Crippen molar-refractivity contribution in [2.75, 3.05) is 49.1 Å². The van der Waals surface area contributed by atoms with E-state index >= 15 is 0 Å². The predicted molar refractivity (Wildman–Crippen MR) is 165 cm³/mol. The Labute approximate surface area is 256 Å². The third-order valence-corrected chi connectivity index (χ3v) is 11.1. The Hall–Kier alpha value is -3.24. The van der Waals surface area contributed by atoms with Gasteiger partial charge in [0.15, 0.2) is 0 Å². The number of piperidine rings is 1. The van der Waals surface area contributed by atoms with Crippen molar-refractivity contribution in [3.05, 3.63) is 46.9 Å². The largest absolute Gasteiger partial charge is 0.508 e. The van der Waals surface area contributed by atoms with Crippen LogP contribution in [0.2, 0.25) is 0 Å². The highest BCUT2D eigenvalue weighted by Crippen LogP contribution is 2.43. The van der Waals surface area contributed by atoms with Crippen molar-refractivity contribution in [3.63, 3.8) is 0 Å². The Balaban J connectivity index is 1.16. The molecule has 1 aliphatic carbocycles. The maximum absolute atomic E-state index is 15.0. The number of benzene rings is 2. The van der Waals surface area contributed by atoms with E-state index in [0.29, 0.717) is 63.0 Å². The van der Waals surface area contributed by atoms with Crippen LogP contribution in [0, 0.1) is 17.7 Å². The maximum Gasteiger partial charge on any atom is 0.318 e. The molecular weight excluding hydrogens is 564 g/mol. The van der Waals surface area contributed by atoms with Gasteiger partial charge in [-0.15, -0.1) is 0 Å². The Morgan fingerprint density at radius 2 is 1.98 bits per heavy atom. The lowest BCUT2D eigenvalue weighted by Crippen LogP contribution is -2.44. The van der Waals surface area contributed by atoms with E-state index in [1.54, 1.807) is 18.2 Å². The van der Waals surface area contributed by atoms with Gasteiger partial charge in [-0.1, -0.05) is 13.0 Å². The van der Waals surface area contributed by atoms with Gasteiger partial charge in [0, 0.05) is 61.2 Å². The first-order chi connectivity index (χ1) is 21.3. The van der Waals surface area contributed by atoms with Gasteiger partial charge in [0.1, 0.15) is 30.2 Å². The third-order valence-electron chi connectivity index (χ3n) is 11.1. The van der Waals surface area contributed by atoms with E-state index in [1.807, 2.05) is 6.92 Å². The SMILES string of the molecule is CCc1c(F)ccc2cc(O)cc(N3CCc4c(nc(OC[C@@]56CCCN5C[C@H](F)C6)nc4N4C[C@@H]5C[C@H](C4)[C@H](O)C5)C3)c12. The van der Waals surface area contributed by atoms with Crippen molar-refractivity contribution >= 4 is 22.3 Å². The van der Waals surface area contributed by atoms with Crippen molar-refractivity contribution in [2.45, 2.75) is 76.2 Å². The molecule has 1 saturated carbocycles. The van der Waals surface area contributed by atoms with E-state index in [4.69, 9.17) is 14.7 Å². The van der Waals surface area contributed by atoms with Crippen LogP contribution in [-0.4, -0.2) is 82.2 Å². The van der Waals surface area contributed by atoms with Gasteiger partial charge in [-0.2, -0.15) is 9.97 Å². The fourth-order valence-electron chi connectivity index (χ4n) is 9.04. The summed E-state index contributed by atoms with van der Waals surface area (Å²) >= 11 is 0.